The van der Waals surface area contributed by atoms with Crippen molar-refractivity contribution in [1.82, 2.24) is 0 Å². The topological polar surface area (TPSA) is 50.8 Å². The molecule has 0 bridgehead atoms. The minimum absolute atomic E-state index is 0.127. The molecule has 0 atom stereocenters. The van der Waals surface area contributed by atoms with E-state index in [4.69, 9.17) is 9.47 Å². The maximum atomic E-state index is 12.5. The van der Waals surface area contributed by atoms with Crippen LogP contribution in [-0.4, -0.2) is 39.3 Å². The molecule has 126 valence electrons. The van der Waals surface area contributed by atoms with Crippen molar-refractivity contribution in [2.24, 2.45) is 5.92 Å². The van der Waals surface area contributed by atoms with Gasteiger partial charge in [-0.2, -0.15) is 0 Å². The van der Waals surface area contributed by atoms with Gasteiger partial charge in [-0.25, -0.2) is 0 Å². The van der Waals surface area contributed by atoms with Gasteiger partial charge in [-0.3, -0.25) is 4.79 Å². The van der Waals surface area contributed by atoms with Crippen LogP contribution in [0.1, 0.15) is 32.1 Å². The summed E-state index contributed by atoms with van der Waals surface area (Å²) in [5.74, 6) is 0.980. The molecule has 1 heterocycles. The predicted octanol–water partition coefficient (Wildman–Crippen LogP) is 3.05. The molecule has 1 saturated carbocycles. The third kappa shape index (κ3) is 3.96. The van der Waals surface area contributed by atoms with Gasteiger partial charge in [-0.05, 0) is 31.0 Å². The van der Waals surface area contributed by atoms with Crippen molar-refractivity contribution in [3.63, 3.8) is 0 Å². The number of nitrogens with zero attached hydrogens (tertiary/aromatic N) is 1. The lowest BCUT2D eigenvalue weighted by atomic mass is 9.88. The summed E-state index contributed by atoms with van der Waals surface area (Å²) >= 11 is 0. The molecule has 1 N–H and O–H groups in total. The molecule has 2 aliphatic rings. The van der Waals surface area contributed by atoms with Crippen molar-refractivity contribution in [3.8, 4) is 5.75 Å². The average Bonchev–Trinajstić information content (AvgIpc) is 2.63. The van der Waals surface area contributed by atoms with Gasteiger partial charge in [-0.15, -0.1) is 0 Å². The standard InChI is InChI=1S/C18H26N2O3/c1-22-17-8-7-15(20-9-11-23-12-10-20)13-16(17)19-18(21)14-5-3-2-4-6-14/h7-8,13-14H,2-6,9-12H2,1H3,(H,19,21). The van der Waals surface area contributed by atoms with Gasteiger partial charge >= 0.3 is 0 Å². The van der Waals surface area contributed by atoms with E-state index in [0.29, 0.717) is 5.75 Å². The monoisotopic (exact) mass is 318 g/mol. The smallest absolute Gasteiger partial charge is 0.227 e. The van der Waals surface area contributed by atoms with E-state index < -0.39 is 0 Å². The van der Waals surface area contributed by atoms with Crippen LogP contribution in [0.15, 0.2) is 18.2 Å². The lowest BCUT2D eigenvalue weighted by Crippen LogP contribution is -2.36. The van der Waals surface area contributed by atoms with Crippen molar-refractivity contribution in [2.75, 3.05) is 43.6 Å². The van der Waals surface area contributed by atoms with Crippen LogP contribution in [0.3, 0.4) is 0 Å². The number of benzene rings is 1. The first kappa shape index (κ1) is 16.1. The van der Waals surface area contributed by atoms with Gasteiger partial charge < -0.3 is 19.7 Å². The predicted molar refractivity (Wildman–Crippen MR) is 91.2 cm³/mol. The molecule has 5 heteroatoms. The zero-order valence-electron chi connectivity index (χ0n) is 13.8. The average molecular weight is 318 g/mol. The van der Waals surface area contributed by atoms with E-state index in [1.807, 2.05) is 18.2 Å². The number of hydrogen-bond acceptors (Lipinski definition) is 4. The van der Waals surface area contributed by atoms with Gasteiger partial charge in [0.25, 0.3) is 0 Å². The first-order chi connectivity index (χ1) is 11.3. The van der Waals surface area contributed by atoms with E-state index in [9.17, 15) is 4.79 Å². The highest BCUT2D eigenvalue weighted by atomic mass is 16.5. The van der Waals surface area contributed by atoms with E-state index in [0.717, 1.165) is 63.4 Å². The molecule has 2 fully saturated rings. The third-order valence-corrected chi connectivity index (χ3v) is 4.79. The number of morpholine rings is 1. The molecule has 1 aromatic rings. The molecule has 0 aromatic heterocycles. The molecule has 1 saturated heterocycles. The SMILES string of the molecule is COc1ccc(N2CCOCC2)cc1NC(=O)C1CCCCC1. The fourth-order valence-corrected chi connectivity index (χ4v) is 3.41. The van der Waals surface area contributed by atoms with Crippen molar-refractivity contribution >= 4 is 17.3 Å². The Morgan fingerprint density at radius 3 is 2.65 bits per heavy atom. The Hall–Kier alpha value is -1.75. The Labute approximate surface area is 137 Å². The quantitative estimate of drug-likeness (QED) is 0.927. The summed E-state index contributed by atoms with van der Waals surface area (Å²) < 4.78 is 10.8. The number of hydrogen-bond donors (Lipinski definition) is 1. The second kappa shape index (κ2) is 7.68. The van der Waals surface area contributed by atoms with E-state index in [-0.39, 0.29) is 11.8 Å². The van der Waals surface area contributed by atoms with Crippen molar-refractivity contribution in [1.29, 1.82) is 0 Å². The highest BCUT2D eigenvalue weighted by Crippen LogP contribution is 2.32. The molecule has 1 aromatic carbocycles. The normalized spacial score (nSPS) is 19.4. The van der Waals surface area contributed by atoms with Gasteiger partial charge in [0.1, 0.15) is 5.75 Å². The fraction of sp³-hybridized carbons (Fsp3) is 0.611. The molecule has 1 aliphatic heterocycles. The Morgan fingerprint density at radius 1 is 1.22 bits per heavy atom. The number of nitrogens with one attached hydrogen (secondary N) is 1. The molecular weight excluding hydrogens is 292 g/mol. The molecule has 1 amide bonds. The maximum absolute atomic E-state index is 12.5. The van der Waals surface area contributed by atoms with Crippen LogP contribution in [0.4, 0.5) is 11.4 Å². The molecule has 0 radical (unpaired) electrons. The number of carbonyl (C=O) groups excluding carboxylic acids is 1. The summed E-state index contributed by atoms with van der Waals surface area (Å²) in [5, 5.41) is 3.09. The Morgan fingerprint density at radius 2 is 1.96 bits per heavy atom. The molecule has 1 aliphatic carbocycles. The summed E-state index contributed by atoms with van der Waals surface area (Å²) in [7, 11) is 1.64. The van der Waals surface area contributed by atoms with Crippen LogP contribution in [0.2, 0.25) is 0 Å². The van der Waals surface area contributed by atoms with Crippen LogP contribution in [0, 0.1) is 5.92 Å². The Kier molecular flexibility index (Phi) is 5.39. The minimum atomic E-state index is 0.127. The zero-order chi connectivity index (χ0) is 16.1. The lowest BCUT2D eigenvalue weighted by molar-refractivity contribution is -0.120. The molecule has 3 rings (SSSR count). The van der Waals surface area contributed by atoms with Gasteiger partial charge in [-0.1, -0.05) is 19.3 Å². The van der Waals surface area contributed by atoms with Crippen molar-refractivity contribution in [2.45, 2.75) is 32.1 Å². The minimum Gasteiger partial charge on any atom is -0.495 e. The zero-order valence-corrected chi connectivity index (χ0v) is 13.8. The lowest BCUT2D eigenvalue weighted by Gasteiger charge is -2.29. The van der Waals surface area contributed by atoms with E-state index in [1.54, 1.807) is 7.11 Å². The third-order valence-electron chi connectivity index (χ3n) is 4.79. The van der Waals surface area contributed by atoms with Crippen LogP contribution < -0.4 is 15.0 Å². The largest absolute Gasteiger partial charge is 0.495 e. The first-order valence-electron chi connectivity index (χ1n) is 8.59. The molecule has 0 unspecified atom stereocenters. The summed E-state index contributed by atoms with van der Waals surface area (Å²) in [6, 6.07) is 5.99. The number of ether oxygens (including phenoxy) is 2. The Balaban J connectivity index is 1.74. The van der Waals surface area contributed by atoms with E-state index in [2.05, 4.69) is 10.2 Å². The van der Waals surface area contributed by atoms with Gasteiger partial charge in [0.05, 0.1) is 26.0 Å². The summed E-state index contributed by atoms with van der Waals surface area (Å²) in [6.07, 6.45) is 5.56. The van der Waals surface area contributed by atoms with E-state index in [1.165, 1.54) is 6.42 Å². The number of amides is 1. The highest BCUT2D eigenvalue weighted by molar-refractivity contribution is 5.94. The summed E-state index contributed by atoms with van der Waals surface area (Å²) in [6.45, 7) is 3.25. The first-order valence-corrected chi connectivity index (χ1v) is 8.59. The van der Waals surface area contributed by atoms with Gasteiger partial charge in [0.2, 0.25) is 5.91 Å². The van der Waals surface area contributed by atoms with Crippen molar-refractivity contribution in [3.05, 3.63) is 18.2 Å². The van der Waals surface area contributed by atoms with Crippen LogP contribution in [-0.2, 0) is 9.53 Å². The van der Waals surface area contributed by atoms with Crippen LogP contribution >= 0.6 is 0 Å². The highest BCUT2D eigenvalue weighted by Gasteiger charge is 2.22. The van der Waals surface area contributed by atoms with Crippen molar-refractivity contribution < 1.29 is 14.3 Å². The molecule has 0 spiro atoms. The van der Waals surface area contributed by atoms with Gasteiger partial charge in [0.15, 0.2) is 0 Å². The van der Waals surface area contributed by atoms with E-state index >= 15 is 0 Å². The number of anilines is 2. The maximum Gasteiger partial charge on any atom is 0.227 e. The molecule has 5 nitrogen and oxygen atoms in total. The second-order valence-corrected chi connectivity index (χ2v) is 6.31. The van der Waals surface area contributed by atoms with Crippen LogP contribution in [0.25, 0.3) is 0 Å². The van der Waals surface area contributed by atoms with Crippen LogP contribution in [0.5, 0.6) is 5.75 Å². The summed E-state index contributed by atoms with van der Waals surface area (Å²) in [5.41, 5.74) is 1.88. The summed E-state index contributed by atoms with van der Waals surface area (Å²) in [4.78, 5) is 14.8. The number of methoxy groups -OCH3 is 1. The number of carbonyl (C=O) groups is 1. The Bertz CT molecular complexity index is 535. The number of rotatable bonds is 4. The second-order valence-electron chi connectivity index (χ2n) is 6.31. The molecule has 23 heavy (non-hydrogen) atoms. The molecular formula is C18H26N2O3. The fourth-order valence-electron chi connectivity index (χ4n) is 3.41. The van der Waals surface area contributed by atoms with Gasteiger partial charge in [0, 0.05) is 24.7 Å².